The first-order valence-corrected chi connectivity index (χ1v) is 7.34. The molecule has 0 aliphatic rings. The van der Waals surface area contributed by atoms with E-state index in [9.17, 15) is 9.59 Å². The van der Waals surface area contributed by atoms with Crippen molar-refractivity contribution in [3.63, 3.8) is 0 Å². The maximum atomic E-state index is 12.1. The molecule has 24 heavy (non-hydrogen) atoms. The molecule has 2 heterocycles. The van der Waals surface area contributed by atoms with Crippen LogP contribution in [0.3, 0.4) is 0 Å². The van der Waals surface area contributed by atoms with Crippen molar-refractivity contribution in [1.29, 1.82) is 0 Å². The van der Waals surface area contributed by atoms with Crippen LogP contribution in [0.2, 0.25) is 0 Å². The summed E-state index contributed by atoms with van der Waals surface area (Å²) in [6.45, 7) is 0.138. The molecule has 0 aliphatic heterocycles. The molecule has 0 unspecified atom stereocenters. The smallest absolute Gasteiger partial charge is 0.246 e. The van der Waals surface area contributed by atoms with Crippen molar-refractivity contribution in [2.24, 2.45) is 0 Å². The lowest BCUT2D eigenvalue weighted by atomic mass is 10.1. The highest BCUT2D eigenvalue weighted by Crippen LogP contribution is 2.12. The van der Waals surface area contributed by atoms with Crippen LogP contribution in [0.4, 0.5) is 5.69 Å². The number of amides is 1. The molecule has 1 aromatic carbocycles. The minimum absolute atomic E-state index is 0.138. The Balaban J connectivity index is 1.58. The van der Waals surface area contributed by atoms with Crippen molar-refractivity contribution >= 4 is 23.5 Å². The molecule has 0 spiro atoms. The standard InChI is InChI=1S/C18H15N3O3/c22-17(9-8-16-3-1-12-24-16)14-4-6-15(7-5-14)20-18(23)13-21-11-2-10-19-21/h1-12H,13H2,(H,20,23)/b9-8+. The molecule has 1 amide bonds. The van der Waals surface area contributed by atoms with Gasteiger partial charge in [-0.2, -0.15) is 5.10 Å². The number of ketones is 1. The van der Waals surface area contributed by atoms with Gasteiger partial charge in [-0.1, -0.05) is 0 Å². The monoisotopic (exact) mass is 321 g/mol. The number of allylic oxidation sites excluding steroid dienone is 1. The predicted molar refractivity (Wildman–Crippen MR) is 89.4 cm³/mol. The van der Waals surface area contributed by atoms with Crippen LogP contribution in [-0.4, -0.2) is 21.5 Å². The van der Waals surface area contributed by atoms with Crippen molar-refractivity contribution in [2.45, 2.75) is 6.54 Å². The first kappa shape index (κ1) is 15.5. The number of benzene rings is 1. The van der Waals surface area contributed by atoms with E-state index in [1.165, 1.54) is 10.8 Å². The van der Waals surface area contributed by atoms with E-state index in [1.54, 1.807) is 67.2 Å². The van der Waals surface area contributed by atoms with Gasteiger partial charge in [-0.25, -0.2) is 0 Å². The normalized spacial score (nSPS) is 10.8. The Labute approximate surface area is 138 Å². The maximum Gasteiger partial charge on any atom is 0.246 e. The first-order valence-electron chi connectivity index (χ1n) is 7.34. The molecular weight excluding hydrogens is 306 g/mol. The van der Waals surface area contributed by atoms with Crippen molar-refractivity contribution in [2.75, 3.05) is 5.32 Å². The van der Waals surface area contributed by atoms with Crippen molar-refractivity contribution in [3.05, 3.63) is 78.5 Å². The zero-order valence-corrected chi connectivity index (χ0v) is 12.8. The van der Waals surface area contributed by atoms with E-state index >= 15 is 0 Å². The third-order valence-corrected chi connectivity index (χ3v) is 3.26. The molecule has 0 fully saturated rings. The molecule has 0 saturated carbocycles. The summed E-state index contributed by atoms with van der Waals surface area (Å²) in [7, 11) is 0. The fraction of sp³-hybridized carbons (Fsp3) is 0.0556. The summed E-state index contributed by atoms with van der Waals surface area (Å²) in [4.78, 5) is 23.9. The fourth-order valence-electron chi connectivity index (χ4n) is 2.10. The molecule has 3 aromatic rings. The quantitative estimate of drug-likeness (QED) is 0.559. The molecule has 120 valence electrons. The van der Waals surface area contributed by atoms with E-state index in [1.807, 2.05) is 0 Å². The minimum atomic E-state index is -0.185. The van der Waals surface area contributed by atoms with E-state index in [4.69, 9.17) is 4.42 Å². The topological polar surface area (TPSA) is 77.1 Å². The molecule has 3 rings (SSSR count). The Morgan fingerprint density at radius 2 is 2.00 bits per heavy atom. The average molecular weight is 321 g/mol. The molecular formula is C18H15N3O3. The molecule has 6 heteroatoms. The number of hydrogen-bond acceptors (Lipinski definition) is 4. The molecule has 2 aromatic heterocycles. The summed E-state index contributed by atoms with van der Waals surface area (Å²) in [5.74, 6) is 0.294. The molecule has 0 saturated heterocycles. The van der Waals surface area contributed by atoms with Gasteiger partial charge in [0.15, 0.2) is 5.78 Å². The maximum absolute atomic E-state index is 12.1. The van der Waals surface area contributed by atoms with Gasteiger partial charge >= 0.3 is 0 Å². The second-order valence-electron chi connectivity index (χ2n) is 5.04. The van der Waals surface area contributed by atoms with Gasteiger partial charge in [0.25, 0.3) is 0 Å². The third-order valence-electron chi connectivity index (χ3n) is 3.26. The lowest BCUT2D eigenvalue weighted by Gasteiger charge is -2.06. The van der Waals surface area contributed by atoms with Crippen LogP contribution in [0.1, 0.15) is 16.1 Å². The summed E-state index contributed by atoms with van der Waals surface area (Å²) >= 11 is 0. The predicted octanol–water partition coefficient (Wildman–Crippen LogP) is 3.01. The van der Waals surface area contributed by atoms with Crippen molar-refractivity contribution < 1.29 is 14.0 Å². The Morgan fingerprint density at radius 1 is 1.17 bits per heavy atom. The highest BCUT2D eigenvalue weighted by atomic mass is 16.3. The van der Waals surface area contributed by atoms with Gasteiger partial charge in [-0.15, -0.1) is 0 Å². The number of carbonyl (C=O) groups is 2. The number of aromatic nitrogens is 2. The zero-order chi connectivity index (χ0) is 16.8. The summed E-state index contributed by atoms with van der Waals surface area (Å²) in [6.07, 6.45) is 7.94. The number of nitrogens with zero attached hydrogens (tertiary/aromatic N) is 2. The molecule has 0 bridgehead atoms. The lowest BCUT2D eigenvalue weighted by Crippen LogP contribution is -2.18. The van der Waals surface area contributed by atoms with Gasteiger partial charge in [0.1, 0.15) is 12.3 Å². The Bertz CT molecular complexity index is 832. The SMILES string of the molecule is O=C(Cn1cccn1)Nc1ccc(C(=O)/C=C/c2ccco2)cc1. The van der Waals surface area contributed by atoms with Gasteiger partial charge in [0.05, 0.1) is 6.26 Å². The van der Waals surface area contributed by atoms with Crippen LogP contribution < -0.4 is 5.32 Å². The van der Waals surface area contributed by atoms with Gasteiger partial charge < -0.3 is 9.73 Å². The van der Waals surface area contributed by atoms with Gasteiger partial charge in [-0.05, 0) is 54.6 Å². The first-order chi connectivity index (χ1) is 11.7. The van der Waals surface area contributed by atoms with Gasteiger partial charge in [-0.3, -0.25) is 14.3 Å². The van der Waals surface area contributed by atoms with Crippen LogP contribution in [0.5, 0.6) is 0 Å². The highest BCUT2D eigenvalue weighted by molar-refractivity contribution is 6.07. The number of carbonyl (C=O) groups excluding carboxylic acids is 2. The third kappa shape index (κ3) is 4.07. The summed E-state index contributed by atoms with van der Waals surface area (Å²) in [6, 6.07) is 12.0. The number of furan rings is 1. The molecule has 1 N–H and O–H groups in total. The van der Waals surface area contributed by atoms with E-state index in [2.05, 4.69) is 10.4 Å². The molecule has 0 atom stereocenters. The zero-order valence-electron chi connectivity index (χ0n) is 12.8. The minimum Gasteiger partial charge on any atom is -0.465 e. The van der Waals surface area contributed by atoms with Crippen LogP contribution >= 0.6 is 0 Å². The largest absolute Gasteiger partial charge is 0.465 e. The van der Waals surface area contributed by atoms with Gasteiger partial charge in [0.2, 0.25) is 5.91 Å². The Kier molecular flexibility index (Phi) is 4.67. The van der Waals surface area contributed by atoms with E-state index in [-0.39, 0.29) is 18.2 Å². The average Bonchev–Trinajstić information content (AvgIpc) is 3.27. The lowest BCUT2D eigenvalue weighted by molar-refractivity contribution is -0.116. The number of anilines is 1. The molecule has 0 aliphatic carbocycles. The van der Waals surface area contributed by atoms with Crippen molar-refractivity contribution in [1.82, 2.24) is 9.78 Å². The highest BCUT2D eigenvalue weighted by Gasteiger charge is 2.06. The molecule has 0 radical (unpaired) electrons. The van der Waals surface area contributed by atoms with E-state index in [0.29, 0.717) is 17.0 Å². The summed E-state index contributed by atoms with van der Waals surface area (Å²) in [5, 5.41) is 6.73. The Hall–Kier alpha value is -3.41. The summed E-state index contributed by atoms with van der Waals surface area (Å²) in [5.41, 5.74) is 1.15. The van der Waals surface area contributed by atoms with Gasteiger partial charge in [0, 0.05) is 23.6 Å². The van der Waals surface area contributed by atoms with E-state index < -0.39 is 0 Å². The molecule has 6 nitrogen and oxygen atoms in total. The number of rotatable bonds is 6. The van der Waals surface area contributed by atoms with E-state index in [0.717, 1.165) is 0 Å². The van der Waals surface area contributed by atoms with Crippen LogP contribution in [0.25, 0.3) is 6.08 Å². The second-order valence-corrected chi connectivity index (χ2v) is 5.04. The van der Waals surface area contributed by atoms with Crippen LogP contribution in [-0.2, 0) is 11.3 Å². The van der Waals surface area contributed by atoms with Crippen LogP contribution in [0.15, 0.2) is 71.6 Å². The number of nitrogens with one attached hydrogen (secondary N) is 1. The van der Waals surface area contributed by atoms with Crippen LogP contribution in [0, 0.1) is 0 Å². The Morgan fingerprint density at radius 3 is 2.67 bits per heavy atom. The second kappa shape index (κ2) is 7.23. The van der Waals surface area contributed by atoms with Crippen molar-refractivity contribution in [3.8, 4) is 0 Å². The summed E-state index contributed by atoms with van der Waals surface area (Å²) < 4.78 is 6.67. The number of hydrogen-bond donors (Lipinski definition) is 1. The fourth-order valence-corrected chi connectivity index (χ4v) is 2.10.